The summed E-state index contributed by atoms with van der Waals surface area (Å²) < 4.78 is 0. The van der Waals surface area contributed by atoms with Crippen LogP contribution in [0.5, 0.6) is 0 Å². The molecule has 0 bridgehead atoms. The number of rotatable bonds is 1. The highest BCUT2D eigenvalue weighted by Crippen LogP contribution is 2.38. The van der Waals surface area contributed by atoms with E-state index in [0.29, 0.717) is 5.41 Å². The van der Waals surface area contributed by atoms with Crippen molar-refractivity contribution in [1.29, 1.82) is 0 Å². The van der Waals surface area contributed by atoms with Crippen molar-refractivity contribution in [3.8, 4) is 0 Å². The number of aromatic nitrogens is 2. The smallest absolute Gasteiger partial charge is 0.225 e. The average molecular weight is 300 g/mol. The SMILES string of the molecule is C=CC.Cc1nc(N2CC3(CCNC3)C2)nc2c1CCCC2. The molecule has 2 saturated heterocycles. The largest absolute Gasteiger partial charge is 0.339 e. The lowest BCUT2D eigenvalue weighted by atomic mass is 9.79. The molecule has 4 nitrogen and oxygen atoms in total. The van der Waals surface area contributed by atoms with E-state index >= 15 is 0 Å². The Hall–Kier alpha value is -1.42. The lowest BCUT2D eigenvalue weighted by Gasteiger charge is -2.48. The van der Waals surface area contributed by atoms with E-state index in [4.69, 9.17) is 9.97 Å². The van der Waals surface area contributed by atoms with Crippen LogP contribution in [-0.4, -0.2) is 36.1 Å². The Balaban J connectivity index is 0.000000446. The molecule has 0 radical (unpaired) electrons. The van der Waals surface area contributed by atoms with Crippen molar-refractivity contribution in [3.05, 3.63) is 29.6 Å². The van der Waals surface area contributed by atoms with Crippen molar-refractivity contribution < 1.29 is 0 Å². The molecule has 22 heavy (non-hydrogen) atoms. The molecule has 2 fully saturated rings. The number of allylic oxidation sites excluding steroid dienone is 1. The second-order valence-electron chi connectivity index (χ2n) is 6.93. The summed E-state index contributed by atoms with van der Waals surface area (Å²) in [5.41, 5.74) is 4.48. The predicted octanol–water partition coefficient (Wildman–Crippen LogP) is 2.66. The van der Waals surface area contributed by atoms with Gasteiger partial charge in [0.05, 0.1) is 0 Å². The van der Waals surface area contributed by atoms with E-state index in [1.807, 2.05) is 6.92 Å². The first-order valence-electron chi connectivity index (χ1n) is 8.56. The van der Waals surface area contributed by atoms with Crippen molar-refractivity contribution in [2.45, 2.75) is 46.0 Å². The van der Waals surface area contributed by atoms with Crippen LogP contribution in [0.4, 0.5) is 5.95 Å². The molecular formula is C18H28N4. The minimum Gasteiger partial charge on any atom is -0.339 e. The van der Waals surface area contributed by atoms with Crippen molar-refractivity contribution >= 4 is 5.95 Å². The van der Waals surface area contributed by atoms with Crippen LogP contribution in [0.25, 0.3) is 0 Å². The number of anilines is 1. The fourth-order valence-corrected chi connectivity index (χ4v) is 3.88. The summed E-state index contributed by atoms with van der Waals surface area (Å²) >= 11 is 0. The Morgan fingerprint density at radius 1 is 1.23 bits per heavy atom. The lowest BCUT2D eigenvalue weighted by Crippen LogP contribution is -2.58. The highest BCUT2D eigenvalue weighted by atomic mass is 15.3. The first kappa shape index (κ1) is 15.5. The van der Waals surface area contributed by atoms with E-state index in [1.54, 1.807) is 6.08 Å². The van der Waals surface area contributed by atoms with Gasteiger partial charge in [0.15, 0.2) is 0 Å². The van der Waals surface area contributed by atoms with Crippen molar-refractivity contribution in [3.63, 3.8) is 0 Å². The second kappa shape index (κ2) is 6.37. The maximum Gasteiger partial charge on any atom is 0.225 e. The molecule has 3 heterocycles. The van der Waals surface area contributed by atoms with Crippen LogP contribution in [0, 0.1) is 12.3 Å². The van der Waals surface area contributed by atoms with E-state index < -0.39 is 0 Å². The molecule has 4 rings (SSSR count). The van der Waals surface area contributed by atoms with Crippen molar-refractivity contribution in [2.75, 3.05) is 31.1 Å². The predicted molar refractivity (Wildman–Crippen MR) is 91.4 cm³/mol. The lowest BCUT2D eigenvalue weighted by molar-refractivity contribution is 0.239. The van der Waals surface area contributed by atoms with Gasteiger partial charge in [-0.05, 0) is 58.1 Å². The fraction of sp³-hybridized carbons (Fsp3) is 0.667. The van der Waals surface area contributed by atoms with Gasteiger partial charge in [0, 0.05) is 36.4 Å². The Labute approximate surface area is 134 Å². The summed E-state index contributed by atoms with van der Waals surface area (Å²) in [5, 5.41) is 3.48. The van der Waals surface area contributed by atoms with Crippen LogP contribution in [0.15, 0.2) is 12.7 Å². The third-order valence-corrected chi connectivity index (χ3v) is 5.05. The summed E-state index contributed by atoms with van der Waals surface area (Å²) in [6.45, 7) is 12.0. The molecule has 4 heteroatoms. The average Bonchev–Trinajstić information content (AvgIpc) is 2.96. The van der Waals surface area contributed by atoms with Gasteiger partial charge in [0.2, 0.25) is 5.95 Å². The van der Waals surface area contributed by atoms with E-state index in [1.165, 1.54) is 55.7 Å². The minimum atomic E-state index is 0.521. The molecule has 3 aliphatic rings. The van der Waals surface area contributed by atoms with Gasteiger partial charge in [-0.15, -0.1) is 6.58 Å². The van der Waals surface area contributed by atoms with Gasteiger partial charge in [-0.1, -0.05) is 6.08 Å². The minimum absolute atomic E-state index is 0.521. The summed E-state index contributed by atoms with van der Waals surface area (Å²) in [4.78, 5) is 12.0. The molecule has 1 N–H and O–H groups in total. The Bertz CT molecular complexity index is 538. The number of aryl methyl sites for hydroxylation is 2. The van der Waals surface area contributed by atoms with E-state index in [-0.39, 0.29) is 0 Å². The zero-order chi connectivity index (χ0) is 15.6. The molecule has 0 atom stereocenters. The molecule has 0 aromatic carbocycles. The van der Waals surface area contributed by atoms with Gasteiger partial charge in [0.25, 0.3) is 0 Å². The quantitative estimate of drug-likeness (QED) is 0.810. The summed E-state index contributed by atoms with van der Waals surface area (Å²) in [6.07, 6.45) is 7.97. The van der Waals surface area contributed by atoms with Gasteiger partial charge in [-0.25, -0.2) is 9.97 Å². The normalized spacial score (nSPS) is 21.6. The topological polar surface area (TPSA) is 41.1 Å². The monoisotopic (exact) mass is 300 g/mol. The summed E-state index contributed by atoms with van der Waals surface area (Å²) in [5.74, 6) is 0.982. The molecule has 120 valence electrons. The first-order valence-corrected chi connectivity index (χ1v) is 8.56. The molecule has 0 amide bonds. The van der Waals surface area contributed by atoms with E-state index in [9.17, 15) is 0 Å². The fourth-order valence-electron chi connectivity index (χ4n) is 3.88. The van der Waals surface area contributed by atoms with E-state index in [0.717, 1.165) is 25.5 Å². The van der Waals surface area contributed by atoms with Gasteiger partial charge >= 0.3 is 0 Å². The Morgan fingerprint density at radius 3 is 2.64 bits per heavy atom. The maximum absolute atomic E-state index is 4.85. The molecule has 1 aliphatic carbocycles. The standard InChI is InChI=1S/C15H22N4.C3H6/c1-11-12-4-2-3-5-13(12)18-14(17-11)19-9-15(10-19)6-7-16-8-15;1-3-2/h16H,2-10H2,1H3;3H,1H2,2H3. The second-order valence-corrected chi connectivity index (χ2v) is 6.93. The van der Waals surface area contributed by atoms with Gasteiger partial charge in [-0.3, -0.25) is 0 Å². The molecule has 1 aromatic heterocycles. The van der Waals surface area contributed by atoms with Crippen LogP contribution in [0.3, 0.4) is 0 Å². The number of nitrogens with zero attached hydrogens (tertiary/aromatic N) is 3. The number of fused-ring (bicyclic) bond motifs is 1. The van der Waals surface area contributed by atoms with Crippen LogP contribution in [0.2, 0.25) is 0 Å². The van der Waals surface area contributed by atoms with Crippen molar-refractivity contribution in [2.24, 2.45) is 5.41 Å². The van der Waals surface area contributed by atoms with Gasteiger partial charge in [0.1, 0.15) is 0 Å². The maximum atomic E-state index is 4.85. The van der Waals surface area contributed by atoms with E-state index in [2.05, 4.69) is 23.7 Å². The third-order valence-electron chi connectivity index (χ3n) is 5.05. The molecule has 0 saturated carbocycles. The highest BCUT2D eigenvalue weighted by Gasteiger charge is 2.46. The number of hydrogen-bond donors (Lipinski definition) is 1. The van der Waals surface area contributed by atoms with Gasteiger partial charge < -0.3 is 10.2 Å². The van der Waals surface area contributed by atoms with Gasteiger partial charge in [-0.2, -0.15) is 0 Å². The zero-order valence-electron chi connectivity index (χ0n) is 14.0. The molecule has 1 aromatic rings. The summed E-state index contributed by atoms with van der Waals surface area (Å²) in [6, 6.07) is 0. The van der Waals surface area contributed by atoms with Crippen LogP contribution >= 0.6 is 0 Å². The Kier molecular flexibility index (Phi) is 4.48. The van der Waals surface area contributed by atoms with Crippen LogP contribution in [0.1, 0.15) is 43.1 Å². The first-order chi connectivity index (χ1) is 10.7. The molecular weight excluding hydrogens is 272 g/mol. The zero-order valence-corrected chi connectivity index (χ0v) is 14.0. The van der Waals surface area contributed by atoms with Crippen molar-refractivity contribution in [1.82, 2.24) is 15.3 Å². The van der Waals surface area contributed by atoms with Crippen LogP contribution in [-0.2, 0) is 12.8 Å². The molecule has 1 spiro atoms. The summed E-state index contributed by atoms with van der Waals surface area (Å²) in [7, 11) is 0. The number of hydrogen-bond acceptors (Lipinski definition) is 4. The third kappa shape index (κ3) is 2.89. The highest BCUT2D eigenvalue weighted by molar-refractivity contribution is 5.42. The van der Waals surface area contributed by atoms with Crippen LogP contribution < -0.4 is 10.2 Å². The Morgan fingerprint density at radius 2 is 1.95 bits per heavy atom. The molecule has 2 aliphatic heterocycles. The molecule has 0 unspecified atom stereocenters. The number of nitrogens with one attached hydrogen (secondary N) is 1.